The molecule has 0 saturated carbocycles. The fourth-order valence-electron chi connectivity index (χ4n) is 3.05. The first kappa shape index (κ1) is 16.4. The highest BCUT2D eigenvalue weighted by atomic mass is 36.0. The van der Waals surface area contributed by atoms with Gasteiger partial charge in [-0.05, 0) is 48.0 Å². The molecular formula is C20H12Cl2O2S. The molecule has 0 N–H and O–H groups in total. The Hall–Kier alpha value is -2.07. The number of hydrogen-bond donors (Lipinski definition) is 0. The SMILES string of the molecule is O=C1c2ccccc2C(=O)c2c1cccc2S(Cl)(Cl)c1ccccc1. The molecule has 1 aliphatic carbocycles. The second kappa shape index (κ2) is 6.03. The molecule has 1 aliphatic rings. The van der Waals surface area contributed by atoms with Crippen LogP contribution in [0.3, 0.4) is 0 Å². The summed E-state index contributed by atoms with van der Waals surface area (Å²) in [7, 11) is 11.0. The Kier molecular flexibility index (Phi) is 3.95. The van der Waals surface area contributed by atoms with E-state index in [0.29, 0.717) is 27.1 Å². The van der Waals surface area contributed by atoms with E-state index in [1.54, 1.807) is 42.5 Å². The van der Waals surface area contributed by atoms with Crippen molar-refractivity contribution in [3.05, 3.63) is 95.1 Å². The van der Waals surface area contributed by atoms with Crippen LogP contribution in [-0.4, -0.2) is 11.6 Å². The van der Waals surface area contributed by atoms with Crippen LogP contribution in [0.5, 0.6) is 0 Å². The fraction of sp³-hybridized carbons (Fsp3) is 0. The molecule has 0 spiro atoms. The molecule has 124 valence electrons. The summed E-state index contributed by atoms with van der Waals surface area (Å²) in [4.78, 5) is 27.2. The first-order valence-corrected chi connectivity index (χ1v) is 10.9. The number of benzene rings is 3. The van der Waals surface area contributed by atoms with Gasteiger partial charge in [0.15, 0.2) is 11.6 Å². The van der Waals surface area contributed by atoms with Crippen LogP contribution in [0.2, 0.25) is 0 Å². The Balaban J connectivity index is 1.97. The molecule has 0 amide bonds. The third-order valence-electron chi connectivity index (χ3n) is 4.23. The molecule has 0 aromatic heterocycles. The molecule has 3 aromatic rings. The Labute approximate surface area is 155 Å². The number of carbonyl (C=O) groups excluding carboxylic acids is 2. The number of fused-ring (bicyclic) bond motifs is 2. The smallest absolute Gasteiger partial charge is 0.195 e. The average Bonchev–Trinajstić information content (AvgIpc) is 2.66. The van der Waals surface area contributed by atoms with E-state index in [2.05, 4.69) is 0 Å². The third-order valence-corrected chi connectivity index (χ3v) is 8.05. The molecule has 0 aliphatic heterocycles. The van der Waals surface area contributed by atoms with Gasteiger partial charge in [-0.2, -0.15) is 0 Å². The Morgan fingerprint density at radius 1 is 0.600 bits per heavy atom. The molecule has 25 heavy (non-hydrogen) atoms. The summed E-state index contributed by atoms with van der Waals surface area (Å²) >= 11 is 0. The minimum absolute atomic E-state index is 0.177. The number of rotatable bonds is 2. The van der Waals surface area contributed by atoms with Gasteiger partial charge in [0.25, 0.3) is 0 Å². The highest BCUT2D eigenvalue weighted by Crippen LogP contribution is 2.72. The predicted molar refractivity (Wildman–Crippen MR) is 102 cm³/mol. The van der Waals surface area contributed by atoms with Crippen LogP contribution in [-0.2, 0) is 0 Å². The van der Waals surface area contributed by atoms with Gasteiger partial charge >= 0.3 is 0 Å². The molecule has 0 saturated heterocycles. The highest BCUT2D eigenvalue weighted by Gasteiger charge is 2.36. The van der Waals surface area contributed by atoms with Crippen LogP contribution in [0, 0.1) is 0 Å². The van der Waals surface area contributed by atoms with Gasteiger partial charge in [0.2, 0.25) is 0 Å². The number of halogens is 2. The molecule has 0 radical (unpaired) electrons. The van der Waals surface area contributed by atoms with Crippen molar-refractivity contribution in [2.75, 3.05) is 0 Å². The molecule has 3 aromatic carbocycles. The zero-order valence-corrected chi connectivity index (χ0v) is 15.2. The lowest BCUT2D eigenvalue weighted by molar-refractivity contribution is 0.0977. The number of carbonyl (C=O) groups is 2. The van der Waals surface area contributed by atoms with E-state index in [9.17, 15) is 9.59 Å². The van der Waals surface area contributed by atoms with Gasteiger partial charge in [-0.15, -0.1) is 0 Å². The minimum Gasteiger partial charge on any atom is -0.289 e. The molecule has 5 heteroatoms. The predicted octanol–water partition coefficient (Wildman–Crippen LogP) is 5.99. The van der Waals surface area contributed by atoms with Crippen LogP contribution in [0.4, 0.5) is 0 Å². The molecule has 0 atom stereocenters. The summed E-state index contributed by atoms with van der Waals surface area (Å²) < 4.78 is 0. The summed E-state index contributed by atoms with van der Waals surface area (Å²) in [5.74, 6) is -0.390. The van der Waals surface area contributed by atoms with E-state index < -0.39 is 8.46 Å². The number of ketones is 2. The van der Waals surface area contributed by atoms with E-state index in [0.717, 1.165) is 4.90 Å². The third kappa shape index (κ3) is 2.51. The second-order valence-corrected chi connectivity index (χ2v) is 10.8. The fourth-order valence-corrected chi connectivity index (χ4v) is 5.90. The maximum atomic E-state index is 13.1. The van der Waals surface area contributed by atoms with E-state index in [4.69, 9.17) is 21.4 Å². The molecule has 0 heterocycles. The van der Waals surface area contributed by atoms with Crippen LogP contribution in [0.1, 0.15) is 31.8 Å². The zero-order chi connectivity index (χ0) is 17.6. The molecule has 4 rings (SSSR count). The lowest BCUT2D eigenvalue weighted by Gasteiger charge is -2.30. The van der Waals surface area contributed by atoms with Crippen molar-refractivity contribution in [1.29, 1.82) is 0 Å². The molecular weight excluding hydrogens is 375 g/mol. The number of hydrogen-bond acceptors (Lipinski definition) is 2. The Morgan fingerprint density at radius 3 is 1.84 bits per heavy atom. The summed E-state index contributed by atoms with van der Waals surface area (Å²) in [5, 5.41) is 0. The van der Waals surface area contributed by atoms with Crippen LogP contribution in [0.25, 0.3) is 0 Å². The molecule has 0 unspecified atom stereocenters. The van der Waals surface area contributed by atoms with Gasteiger partial charge in [0.05, 0.1) is 0 Å². The maximum Gasteiger partial charge on any atom is 0.195 e. The normalized spacial score (nSPS) is 14.0. The minimum atomic E-state index is -2.47. The Morgan fingerprint density at radius 2 is 1.16 bits per heavy atom. The van der Waals surface area contributed by atoms with Crippen molar-refractivity contribution in [2.24, 2.45) is 0 Å². The van der Waals surface area contributed by atoms with Gasteiger partial charge in [-0.1, -0.05) is 54.6 Å². The Bertz CT molecular complexity index is 1010. The first-order chi connectivity index (χ1) is 12.0. The summed E-state index contributed by atoms with van der Waals surface area (Å²) in [6.45, 7) is 0. The second-order valence-electron chi connectivity index (χ2n) is 5.66. The van der Waals surface area contributed by atoms with Crippen LogP contribution in [0.15, 0.2) is 82.6 Å². The lowest BCUT2D eigenvalue weighted by atomic mass is 9.84. The molecule has 2 nitrogen and oxygen atoms in total. The van der Waals surface area contributed by atoms with Crippen molar-refractivity contribution in [1.82, 2.24) is 0 Å². The van der Waals surface area contributed by atoms with Crippen molar-refractivity contribution >= 4 is 41.4 Å². The van der Waals surface area contributed by atoms with Crippen molar-refractivity contribution in [2.45, 2.75) is 9.79 Å². The van der Waals surface area contributed by atoms with Gasteiger partial charge in [0.1, 0.15) is 0 Å². The quantitative estimate of drug-likeness (QED) is 0.423. The molecule has 0 bridgehead atoms. The summed E-state index contributed by atoms with van der Waals surface area (Å²) in [6, 6.07) is 21.2. The van der Waals surface area contributed by atoms with Crippen molar-refractivity contribution in [3.8, 4) is 0 Å². The van der Waals surface area contributed by atoms with E-state index in [1.807, 2.05) is 30.3 Å². The van der Waals surface area contributed by atoms with Gasteiger partial charge in [-0.25, -0.2) is 0 Å². The zero-order valence-electron chi connectivity index (χ0n) is 12.9. The average molecular weight is 387 g/mol. The van der Waals surface area contributed by atoms with Crippen LogP contribution >= 0.6 is 29.8 Å². The lowest BCUT2D eigenvalue weighted by Crippen LogP contribution is -2.22. The monoisotopic (exact) mass is 386 g/mol. The van der Waals surface area contributed by atoms with Gasteiger partial charge < -0.3 is 0 Å². The van der Waals surface area contributed by atoms with Crippen molar-refractivity contribution in [3.63, 3.8) is 0 Å². The maximum absolute atomic E-state index is 13.1. The largest absolute Gasteiger partial charge is 0.289 e. The summed E-state index contributed by atoms with van der Waals surface area (Å²) in [5.41, 5.74) is 1.48. The van der Waals surface area contributed by atoms with Crippen molar-refractivity contribution < 1.29 is 9.59 Å². The van der Waals surface area contributed by atoms with E-state index >= 15 is 0 Å². The van der Waals surface area contributed by atoms with Crippen LogP contribution < -0.4 is 0 Å². The topological polar surface area (TPSA) is 34.1 Å². The van der Waals surface area contributed by atoms with E-state index in [-0.39, 0.29) is 11.6 Å². The molecule has 0 fully saturated rings. The van der Waals surface area contributed by atoms with Gasteiger partial charge in [0, 0.05) is 32.0 Å². The highest BCUT2D eigenvalue weighted by molar-refractivity contribution is 8.66. The first-order valence-electron chi connectivity index (χ1n) is 7.61. The van der Waals surface area contributed by atoms with E-state index in [1.165, 1.54) is 0 Å². The summed E-state index contributed by atoms with van der Waals surface area (Å²) in [6.07, 6.45) is 0. The van der Waals surface area contributed by atoms with Gasteiger partial charge in [-0.3, -0.25) is 9.59 Å². The standard InChI is InChI=1S/C20H12Cl2O2S/c21-25(22,13-7-2-1-3-8-13)17-12-6-11-16-18(17)20(24)15-10-5-4-9-14(15)19(16)23/h1-12H.